The maximum absolute atomic E-state index is 15.1. The van der Waals surface area contributed by atoms with Crippen molar-refractivity contribution in [2.75, 3.05) is 5.73 Å². The molecule has 1 saturated carbocycles. The lowest BCUT2D eigenvalue weighted by Gasteiger charge is -2.15. The summed E-state index contributed by atoms with van der Waals surface area (Å²) in [6, 6.07) is 5.03. The predicted octanol–water partition coefficient (Wildman–Crippen LogP) is 2.65. The topological polar surface area (TPSA) is 138 Å². The van der Waals surface area contributed by atoms with E-state index in [-0.39, 0.29) is 17.2 Å². The van der Waals surface area contributed by atoms with Crippen molar-refractivity contribution in [3.8, 4) is 17.1 Å². The second-order valence-electron chi connectivity index (χ2n) is 9.21. The van der Waals surface area contributed by atoms with Crippen LogP contribution < -0.4 is 11.3 Å². The molecule has 3 N–H and O–H groups in total. The first kappa shape index (κ1) is 22.9. The number of anilines is 1. The van der Waals surface area contributed by atoms with Crippen molar-refractivity contribution in [1.29, 1.82) is 0 Å². The van der Waals surface area contributed by atoms with Crippen LogP contribution in [0, 0.1) is 5.82 Å². The number of fused-ring (bicyclic) bond motifs is 1. The zero-order valence-corrected chi connectivity index (χ0v) is 20.0. The number of hydrogen-bond donors (Lipinski definition) is 2. The van der Waals surface area contributed by atoms with Crippen LogP contribution in [-0.2, 0) is 20.1 Å². The fourth-order valence-corrected chi connectivity index (χ4v) is 4.62. The molecule has 186 valence electrons. The van der Waals surface area contributed by atoms with Gasteiger partial charge in [-0.3, -0.25) is 19.0 Å². The summed E-state index contributed by atoms with van der Waals surface area (Å²) in [7, 11) is 1.81. The number of pyridine rings is 2. The molecule has 0 saturated heterocycles. The van der Waals surface area contributed by atoms with Crippen molar-refractivity contribution in [2.24, 2.45) is 7.05 Å². The largest absolute Gasteiger partial charge is 0.392 e. The molecule has 0 bridgehead atoms. The number of hydrogen-bond acceptors (Lipinski definition) is 8. The van der Waals surface area contributed by atoms with Crippen molar-refractivity contribution in [2.45, 2.75) is 31.8 Å². The molecule has 1 aromatic carbocycles. The van der Waals surface area contributed by atoms with Gasteiger partial charge in [0.05, 0.1) is 30.1 Å². The van der Waals surface area contributed by atoms with Crippen LogP contribution in [0.4, 0.5) is 10.3 Å². The average molecular weight is 499 g/mol. The number of aliphatic hydroxyl groups is 1. The van der Waals surface area contributed by atoms with E-state index in [9.17, 15) is 9.90 Å². The second-order valence-corrected chi connectivity index (χ2v) is 9.21. The summed E-state index contributed by atoms with van der Waals surface area (Å²) in [5.41, 5.74) is 8.27. The van der Waals surface area contributed by atoms with E-state index in [1.807, 2.05) is 19.3 Å². The second kappa shape index (κ2) is 8.86. The van der Waals surface area contributed by atoms with Crippen molar-refractivity contribution >= 4 is 16.7 Å². The van der Waals surface area contributed by atoms with Crippen LogP contribution in [0.25, 0.3) is 27.8 Å². The van der Waals surface area contributed by atoms with Gasteiger partial charge in [0.15, 0.2) is 5.82 Å². The summed E-state index contributed by atoms with van der Waals surface area (Å²) in [6.07, 6.45) is 10.5. The molecule has 5 aromatic rings. The van der Waals surface area contributed by atoms with Crippen molar-refractivity contribution in [3.63, 3.8) is 0 Å². The van der Waals surface area contributed by atoms with E-state index >= 15 is 4.39 Å². The van der Waals surface area contributed by atoms with Gasteiger partial charge in [-0.05, 0) is 47.4 Å². The van der Waals surface area contributed by atoms with Crippen LogP contribution in [0.2, 0.25) is 0 Å². The summed E-state index contributed by atoms with van der Waals surface area (Å²) < 4.78 is 18.0. The van der Waals surface area contributed by atoms with E-state index in [0.717, 1.165) is 24.0 Å². The van der Waals surface area contributed by atoms with Crippen LogP contribution in [0.3, 0.4) is 0 Å². The molecule has 11 heteroatoms. The number of nitrogens with two attached hydrogens (primary N) is 1. The molecule has 37 heavy (non-hydrogen) atoms. The van der Waals surface area contributed by atoms with E-state index in [4.69, 9.17) is 5.73 Å². The highest BCUT2D eigenvalue weighted by Crippen LogP contribution is 2.41. The van der Waals surface area contributed by atoms with Crippen molar-refractivity contribution in [1.82, 2.24) is 34.3 Å². The molecule has 4 aromatic heterocycles. The Morgan fingerprint density at radius 3 is 2.73 bits per heavy atom. The van der Waals surface area contributed by atoms with Gasteiger partial charge in [-0.15, -0.1) is 0 Å². The zero-order chi connectivity index (χ0) is 25.7. The number of rotatable bonds is 6. The molecule has 0 atom stereocenters. The first-order chi connectivity index (χ1) is 17.9. The SMILES string of the molecule is Cn1cc(Cc2nc(N)nc(-c3cncc(-n4ccc5cc(C6CC6)cc(F)c5c4=O)c3CO)n2)cn1. The van der Waals surface area contributed by atoms with E-state index in [0.29, 0.717) is 40.4 Å². The van der Waals surface area contributed by atoms with Crippen LogP contribution in [-0.4, -0.2) is 39.4 Å². The molecule has 0 aliphatic heterocycles. The Labute approximate surface area is 210 Å². The van der Waals surface area contributed by atoms with E-state index in [1.165, 1.54) is 23.0 Å². The Kier molecular flexibility index (Phi) is 5.49. The molecular weight excluding hydrogens is 475 g/mol. The number of benzene rings is 1. The summed E-state index contributed by atoms with van der Waals surface area (Å²) >= 11 is 0. The Bertz CT molecular complexity index is 1720. The third-order valence-corrected chi connectivity index (χ3v) is 6.54. The first-order valence-corrected chi connectivity index (χ1v) is 11.8. The molecule has 1 fully saturated rings. The summed E-state index contributed by atoms with van der Waals surface area (Å²) in [5, 5.41) is 15.0. The van der Waals surface area contributed by atoms with Crippen molar-refractivity contribution in [3.05, 3.63) is 87.9 Å². The van der Waals surface area contributed by atoms with Crippen LogP contribution >= 0.6 is 0 Å². The number of aromatic nitrogens is 7. The lowest BCUT2D eigenvalue weighted by atomic mass is 10.0. The van der Waals surface area contributed by atoms with Gasteiger partial charge >= 0.3 is 0 Å². The van der Waals surface area contributed by atoms with E-state index in [1.54, 1.807) is 23.1 Å². The van der Waals surface area contributed by atoms with Crippen LogP contribution in [0.15, 0.2) is 54.0 Å². The normalized spacial score (nSPS) is 13.4. The highest BCUT2D eigenvalue weighted by molar-refractivity contribution is 5.83. The summed E-state index contributed by atoms with van der Waals surface area (Å²) in [6.45, 7) is -0.440. The van der Waals surface area contributed by atoms with Gasteiger partial charge in [-0.1, -0.05) is 6.07 Å². The maximum atomic E-state index is 15.1. The molecule has 0 amide bonds. The molecule has 1 aliphatic carbocycles. The highest BCUT2D eigenvalue weighted by Gasteiger charge is 2.25. The predicted molar refractivity (Wildman–Crippen MR) is 134 cm³/mol. The summed E-state index contributed by atoms with van der Waals surface area (Å²) in [5.74, 6) is 0.437. The van der Waals surface area contributed by atoms with Gasteiger partial charge in [0.25, 0.3) is 5.56 Å². The lowest BCUT2D eigenvalue weighted by molar-refractivity contribution is 0.282. The van der Waals surface area contributed by atoms with Gasteiger partial charge in [0.1, 0.15) is 11.6 Å². The minimum Gasteiger partial charge on any atom is -0.392 e. The fourth-order valence-electron chi connectivity index (χ4n) is 4.62. The molecular formula is C26H23FN8O2. The minimum atomic E-state index is -0.557. The molecule has 0 radical (unpaired) electrons. The van der Waals surface area contributed by atoms with Crippen LogP contribution in [0.5, 0.6) is 0 Å². The zero-order valence-electron chi connectivity index (χ0n) is 20.0. The quantitative estimate of drug-likeness (QED) is 0.364. The molecule has 1 aliphatic rings. The Morgan fingerprint density at radius 2 is 2.00 bits per heavy atom. The Hall–Kier alpha value is -4.51. The van der Waals surface area contributed by atoms with Gasteiger partial charge < -0.3 is 10.8 Å². The molecule has 10 nitrogen and oxygen atoms in total. The monoisotopic (exact) mass is 498 g/mol. The molecule has 6 rings (SSSR count). The van der Waals surface area contributed by atoms with Gasteiger partial charge in [0, 0.05) is 43.2 Å². The molecule has 4 heterocycles. The Balaban J connectivity index is 1.46. The van der Waals surface area contributed by atoms with Gasteiger partial charge in [-0.25, -0.2) is 9.37 Å². The van der Waals surface area contributed by atoms with Crippen molar-refractivity contribution < 1.29 is 9.50 Å². The van der Waals surface area contributed by atoms with Crippen LogP contribution in [0.1, 0.15) is 41.3 Å². The lowest BCUT2D eigenvalue weighted by Crippen LogP contribution is -2.21. The van der Waals surface area contributed by atoms with E-state index in [2.05, 4.69) is 25.0 Å². The molecule has 0 spiro atoms. The number of halogens is 1. The van der Waals surface area contributed by atoms with Gasteiger partial charge in [-0.2, -0.15) is 15.1 Å². The standard InChI is InChI=1S/C26H23FN8O2/c1-34-12-14(9-30-34)6-22-31-24(33-26(28)32-22)18-10-29-11-21(19(18)13-36)35-5-4-16-7-17(15-2-3-15)8-20(27)23(16)25(35)37/h4-5,7-12,15,36H,2-3,6,13H2,1H3,(H2,28,31,32,33). The number of aryl methyl sites for hydroxylation is 1. The minimum absolute atomic E-state index is 0.00888. The Morgan fingerprint density at radius 1 is 1.16 bits per heavy atom. The third-order valence-electron chi connectivity index (χ3n) is 6.54. The smallest absolute Gasteiger partial charge is 0.265 e. The average Bonchev–Trinajstić information content (AvgIpc) is 3.65. The third kappa shape index (κ3) is 4.23. The van der Waals surface area contributed by atoms with E-state index < -0.39 is 18.0 Å². The number of nitrogen functional groups attached to an aromatic ring is 1. The number of nitrogens with zero attached hydrogens (tertiary/aromatic N) is 7. The first-order valence-electron chi connectivity index (χ1n) is 11.8. The maximum Gasteiger partial charge on any atom is 0.265 e. The molecule has 0 unspecified atom stereocenters. The number of aliphatic hydroxyl groups excluding tert-OH is 1. The highest BCUT2D eigenvalue weighted by atomic mass is 19.1. The fraction of sp³-hybridized carbons (Fsp3) is 0.231. The summed E-state index contributed by atoms with van der Waals surface area (Å²) in [4.78, 5) is 30.7. The van der Waals surface area contributed by atoms with Gasteiger partial charge in [0.2, 0.25) is 5.95 Å².